The predicted octanol–water partition coefficient (Wildman–Crippen LogP) is 4.05. The molecule has 0 aliphatic heterocycles. The topological polar surface area (TPSA) is 80.9 Å². The summed E-state index contributed by atoms with van der Waals surface area (Å²) in [6.07, 6.45) is -3.55. The van der Waals surface area contributed by atoms with E-state index in [1.807, 2.05) is 0 Å². The van der Waals surface area contributed by atoms with Crippen molar-refractivity contribution >= 4 is 32.8 Å². The number of hydrogen-bond donors (Lipinski definition) is 1. The lowest BCUT2D eigenvalue weighted by molar-refractivity contribution is -0.141. The SMILES string of the molecule is CC[S+](=O)(O)c1ccc(Cl)nc1-c1nc2cc(C(F)(F)F)ncc2n1C. The summed E-state index contributed by atoms with van der Waals surface area (Å²) in [6.45, 7) is 1.54. The Morgan fingerprint density at radius 1 is 1.31 bits per heavy atom. The molecule has 3 aromatic heterocycles. The highest BCUT2D eigenvalue weighted by molar-refractivity contribution is 7.97. The largest absolute Gasteiger partial charge is 0.433 e. The van der Waals surface area contributed by atoms with Crippen LogP contribution in [-0.2, 0) is 27.6 Å². The van der Waals surface area contributed by atoms with Crippen molar-refractivity contribution in [2.45, 2.75) is 18.0 Å². The van der Waals surface area contributed by atoms with Gasteiger partial charge in [0.2, 0.25) is 15.1 Å². The van der Waals surface area contributed by atoms with E-state index in [9.17, 15) is 21.9 Å². The van der Waals surface area contributed by atoms with E-state index in [2.05, 4.69) is 15.0 Å². The molecule has 0 amide bonds. The van der Waals surface area contributed by atoms with E-state index in [4.69, 9.17) is 11.6 Å². The van der Waals surface area contributed by atoms with Crippen LogP contribution >= 0.6 is 11.6 Å². The van der Waals surface area contributed by atoms with Gasteiger partial charge in [0.05, 0.1) is 17.2 Å². The number of rotatable bonds is 3. The van der Waals surface area contributed by atoms with Crippen LogP contribution in [0.2, 0.25) is 5.15 Å². The summed E-state index contributed by atoms with van der Waals surface area (Å²) in [5.74, 6) is 0.0568. The number of nitrogens with zero attached hydrogens (tertiary/aromatic N) is 4. The number of pyridine rings is 2. The van der Waals surface area contributed by atoms with Crippen LogP contribution in [-0.4, -0.2) is 29.8 Å². The summed E-state index contributed by atoms with van der Waals surface area (Å²) in [4.78, 5) is 11.7. The molecule has 0 fully saturated rings. The van der Waals surface area contributed by atoms with Crippen molar-refractivity contribution in [1.82, 2.24) is 19.5 Å². The minimum atomic E-state index is -4.60. The number of imidazole rings is 1. The van der Waals surface area contributed by atoms with Crippen molar-refractivity contribution in [3.63, 3.8) is 0 Å². The summed E-state index contributed by atoms with van der Waals surface area (Å²) in [5, 5.41) is 0.0659. The molecule has 1 N–H and O–H groups in total. The number of halogens is 4. The first-order valence-corrected chi connectivity index (χ1v) is 9.41. The van der Waals surface area contributed by atoms with Gasteiger partial charge in [0, 0.05) is 13.1 Å². The quantitative estimate of drug-likeness (QED) is 0.525. The standard InChI is InChI=1S/C15H12ClF3N4O2S/c1-3-26(24,25)10-4-5-12(16)22-13(10)14-21-8-6-11(15(17,18)19)20-7-9(8)23(14)2/h4-7H,3H2,1-2H3/p+1. The van der Waals surface area contributed by atoms with Crippen molar-refractivity contribution in [3.8, 4) is 11.5 Å². The summed E-state index contributed by atoms with van der Waals surface area (Å²) < 4.78 is 62.7. The summed E-state index contributed by atoms with van der Waals surface area (Å²) in [5.41, 5.74) is -0.673. The van der Waals surface area contributed by atoms with Crippen LogP contribution < -0.4 is 0 Å². The highest BCUT2D eigenvalue weighted by atomic mass is 35.5. The second-order valence-corrected chi connectivity index (χ2v) is 8.15. The molecule has 6 nitrogen and oxygen atoms in total. The second kappa shape index (κ2) is 6.29. The van der Waals surface area contributed by atoms with Crippen molar-refractivity contribution < 1.29 is 21.9 Å². The fourth-order valence-corrected chi connectivity index (χ4v) is 3.63. The fourth-order valence-electron chi connectivity index (χ4n) is 2.45. The Labute approximate surface area is 152 Å². The van der Waals surface area contributed by atoms with Crippen LogP contribution in [0.15, 0.2) is 29.3 Å². The van der Waals surface area contributed by atoms with Crippen LogP contribution in [0.25, 0.3) is 22.6 Å². The molecule has 1 atom stereocenters. The molecule has 26 heavy (non-hydrogen) atoms. The molecule has 1 unspecified atom stereocenters. The molecule has 0 aliphatic carbocycles. The first kappa shape index (κ1) is 18.7. The molecule has 3 heterocycles. The molecule has 0 saturated heterocycles. The third kappa shape index (κ3) is 3.19. The average molecular weight is 406 g/mol. The zero-order chi connectivity index (χ0) is 19.3. The van der Waals surface area contributed by atoms with Gasteiger partial charge in [0.15, 0.2) is 11.5 Å². The van der Waals surface area contributed by atoms with Gasteiger partial charge in [-0.15, -0.1) is 0 Å². The van der Waals surface area contributed by atoms with E-state index < -0.39 is 22.1 Å². The maximum absolute atomic E-state index is 12.9. The first-order chi connectivity index (χ1) is 12.0. The number of alkyl halides is 3. The maximum Gasteiger partial charge on any atom is 0.433 e. The third-order valence-electron chi connectivity index (χ3n) is 3.83. The van der Waals surface area contributed by atoms with E-state index in [0.29, 0.717) is 5.52 Å². The molecule has 138 valence electrons. The lowest BCUT2D eigenvalue weighted by Gasteiger charge is -2.08. The molecule has 0 aliphatic rings. The van der Waals surface area contributed by atoms with Gasteiger partial charge in [0.1, 0.15) is 16.6 Å². The van der Waals surface area contributed by atoms with Gasteiger partial charge in [-0.1, -0.05) is 15.8 Å². The van der Waals surface area contributed by atoms with E-state index in [0.717, 1.165) is 12.3 Å². The molecular weight excluding hydrogens is 393 g/mol. The van der Waals surface area contributed by atoms with Crippen LogP contribution in [0.4, 0.5) is 13.2 Å². The summed E-state index contributed by atoms with van der Waals surface area (Å²) >= 11 is 5.91. The number of fused-ring (bicyclic) bond motifs is 1. The van der Waals surface area contributed by atoms with Crippen LogP contribution in [0.1, 0.15) is 12.6 Å². The van der Waals surface area contributed by atoms with Gasteiger partial charge in [-0.25, -0.2) is 15.0 Å². The van der Waals surface area contributed by atoms with Gasteiger partial charge in [0.25, 0.3) is 0 Å². The van der Waals surface area contributed by atoms with Gasteiger partial charge >= 0.3 is 6.18 Å². The predicted molar refractivity (Wildman–Crippen MR) is 91.2 cm³/mol. The molecule has 0 radical (unpaired) electrons. The van der Waals surface area contributed by atoms with Gasteiger partial charge < -0.3 is 4.57 Å². The van der Waals surface area contributed by atoms with Crippen molar-refractivity contribution in [1.29, 1.82) is 0 Å². The zero-order valence-corrected chi connectivity index (χ0v) is 15.2. The number of aryl methyl sites for hydroxylation is 1. The lowest BCUT2D eigenvalue weighted by Crippen LogP contribution is -2.15. The van der Waals surface area contributed by atoms with Gasteiger partial charge in [-0.05, 0) is 19.1 Å². The van der Waals surface area contributed by atoms with E-state index in [1.54, 1.807) is 7.05 Å². The number of aromatic nitrogens is 4. The fraction of sp³-hybridized carbons (Fsp3) is 0.267. The maximum atomic E-state index is 12.9. The summed E-state index contributed by atoms with van der Waals surface area (Å²) in [7, 11) is -1.85. The molecule has 3 rings (SSSR count). The van der Waals surface area contributed by atoms with Crippen molar-refractivity contribution in [2.24, 2.45) is 7.05 Å². The monoisotopic (exact) mass is 405 g/mol. The Morgan fingerprint density at radius 3 is 2.62 bits per heavy atom. The highest BCUT2D eigenvalue weighted by Crippen LogP contribution is 2.33. The van der Waals surface area contributed by atoms with E-state index >= 15 is 0 Å². The second-order valence-electron chi connectivity index (χ2n) is 5.46. The Morgan fingerprint density at radius 2 is 2.00 bits per heavy atom. The minimum absolute atomic E-state index is 0.0202. The molecule has 11 heteroatoms. The molecule has 0 saturated carbocycles. The molecule has 0 bridgehead atoms. The molecule has 3 aromatic rings. The smallest absolute Gasteiger partial charge is 0.324 e. The van der Waals surface area contributed by atoms with E-state index in [1.165, 1.54) is 23.6 Å². The molecule has 0 aromatic carbocycles. The normalized spacial score (nSPS) is 14.6. The van der Waals surface area contributed by atoms with Crippen LogP contribution in [0, 0.1) is 0 Å². The zero-order valence-electron chi connectivity index (χ0n) is 13.6. The third-order valence-corrected chi connectivity index (χ3v) is 5.84. The van der Waals surface area contributed by atoms with E-state index in [-0.39, 0.29) is 32.8 Å². The van der Waals surface area contributed by atoms with Gasteiger partial charge in [-0.3, -0.25) is 0 Å². The first-order valence-electron chi connectivity index (χ1n) is 7.35. The molecule has 0 spiro atoms. The Kier molecular flexibility index (Phi) is 4.53. The van der Waals surface area contributed by atoms with Crippen LogP contribution in [0.3, 0.4) is 0 Å². The minimum Gasteiger partial charge on any atom is -0.324 e. The number of hydrogen-bond acceptors (Lipinski definition) is 4. The van der Waals surface area contributed by atoms with Gasteiger partial charge in [-0.2, -0.15) is 17.7 Å². The average Bonchev–Trinajstić information content (AvgIpc) is 2.90. The molecular formula is C15H13ClF3N4O2S+. The van der Waals surface area contributed by atoms with Crippen LogP contribution in [0.5, 0.6) is 0 Å². The Balaban J connectivity index is 2.28. The lowest BCUT2D eigenvalue weighted by atomic mass is 10.3. The highest BCUT2D eigenvalue weighted by Gasteiger charge is 2.35. The van der Waals surface area contributed by atoms with Crippen molar-refractivity contribution in [2.75, 3.05) is 5.75 Å². The Bertz CT molecular complexity index is 1050. The Hall–Kier alpha value is -2.04. The summed E-state index contributed by atoms with van der Waals surface area (Å²) in [6, 6.07) is 3.56. The van der Waals surface area contributed by atoms with Crippen molar-refractivity contribution in [3.05, 3.63) is 35.2 Å².